The number of amides is 4. The van der Waals surface area contributed by atoms with Crippen LogP contribution in [0.25, 0.3) is 6.08 Å². The lowest BCUT2D eigenvalue weighted by Gasteiger charge is -2.26. The van der Waals surface area contributed by atoms with E-state index in [4.69, 9.17) is 0 Å². The molecule has 1 heterocycles. The first-order valence-corrected chi connectivity index (χ1v) is 7.45. The van der Waals surface area contributed by atoms with Crippen LogP contribution in [0.3, 0.4) is 0 Å². The van der Waals surface area contributed by atoms with Gasteiger partial charge in [-0.25, -0.2) is 14.1 Å². The summed E-state index contributed by atoms with van der Waals surface area (Å²) < 4.78 is 13.0. The van der Waals surface area contributed by atoms with E-state index in [-0.39, 0.29) is 11.3 Å². The van der Waals surface area contributed by atoms with E-state index in [0.29, 0.717) is 0 Å². The van der Waals surface area contributed by atoms with Crippen LogP contribution in [0.4, 0.5) is 14.9 Å². The summed E-state index contributed by atoms with van der Waals surface area (Å²) in [5.74, 6) is -2.03. The number of carbonyl (C=O) groups is 3. The quantitative estimate of drug-likeness (QED) is 0.692. The number of hydrogen-bond acceptors (Lipinski definition) is 3. The molecule has 0 aromatic heterocycles. The van der Waals surface area contributed by atoms with E-state index in [0.717, 1.165) is 22.6 Å². The zero-order chi connectivity index (χ0) is 17.8. The summed E-state index contributed by atoms with van der Waals surface area (Å²) in [7, 11) is 0. The van der Waals surface area contributed by atoms with Gasteiger partial charge in [0.25, 0.3) is 11.8 Å². The summed E-state index contributed by atoms with van der Waals surface area (Å²) in [5, 5.41) is 2.10. The largest absolute Gasteiger partial charge is 0.335 e. The molecule has 5 nitrogen and oxygen atoms in total. The Kier molecular flexibility index (Phi) is 4.52. The van der Waals surface area contributed by atoms with Gasteiger partial charge in [0.05, 0.1) is 5.69 Å². The number of rotatable bonds is 3. The Bertz CT molecular complexity index is 887. The van der Waals surface area contributed by atoms with Gasteiger partial charge in [-0.1, -0.05) is 42.5 Å². The Morgan fingerprint density at radius 1 is 0.920 bits per heavy atom. The number of allylic oxidation sites excluding steroid dienone is 2. The molecule has 2 aromatic rings. The molecular formula is C19H13FN2O3. The molecule has 2 aromatic carbocycles. The van der Waals surface area contributed by atoms with Crippen molar-refractivity contribution in [3.05, 3.63) is 83.7 Å². The SMILES string of the molecule is O=C1NC(=O)N(c2ccc(F)cc2)C(=O)C1=CC=Cc1ccccc1. The zero-order valence-corrected chi connectivity index (χ0v) is 13.0. The third kappa shape index (κ3) is 3.53. The van der Waals surface area contributed by atoms with Crippen LogP contribution < -0.4 is 10.2 Å². The monoisotopic (exact) mass is 336 g/mol. The summed E-state index contributed by atoms with van der Waals surface area (Å²) in [4.78, 5) is 37.2. The van der Waals surface area contributed by atoms with E-state index in [1.165, 1.54) is 18.2 Å². The van der Waals surface area contributed by atoms with Gasteiger partial charge in [-0.3, -0.25) is 14.9 Å². The fourth-order valence-electron chi connectivity index (χ4n) is 2.32. The predicted molar refractivity (Wildman–Crippen MR) is 91.0 cm³/mol. The van der Waals surface area contributed by atoms with Gasteiger partial charge in [0.1, 0.15) is 11.4 Å². The fourth-order valence-corrected chi connectivity index (χ4v) is 2.32. The summed E-state index contributed by atoms with van der Waals surface area (Å²) in [6, 6.07) is 13.3. The van der Waals surface area contributed by atoms with E-state index in [9.17, 15) is 18.8 Å². The first kappa shape index (κ1) is 16.3. The van der Waals surface area contributed by atoms with Crippen LogP contribution >= 0.6 is 0 Å². The van der Waals surface area contributed by atoms with Crippen molar-refractivity contribution in [2.45, 2.75) is 0 Å². The normalized spacial score (nSPS) is 16.6. The summed E-state index contributed by atoms with van der Waals surface area (Å²) in [6.07, 6.45) is 4.63. The topological polar surface area (TPSA) is 66.5 Å². The maximum Gasteiger partial charge on any atom is 0.335 e. The second kappa shape index (κ2) is 6.92. The van der Waals surface area contributed by atoms with Gasteiger partial charge in [0.2, 0.25) is 0 Å². The number of benzene rings is 2. The smallest absolute Gasteiger partial charge is 0.273 e. The van der Waals surface area contributed by atoms with Crippen LogP contribution in [0.15, 0.2) is 72.3 Å². The Hall–Kier alpha value is -3.54. The van der Waals surface area contributed by atoms with Crippen LogP contribution in [-0.2, 0) is 9.59 Å². The number of urea groups is 1. The van der Waals surface area contributed by atoms with Gasteiger partial charge >= 0.3 is 6.03 Å². The van der Waals surface area contributed by atoms with Crippen LogP contribution in [0.2, 0.25) is 0 Å². The minimum absolute atomic E-state index is 0.175. The summed E-state index contributed by atoms with van der Waals surface area (Å²) in [6.45, 7) is 0. The molecular weight excluding hydrogens is 323 g/mol. The molecule has 3 rings (SSSR count). The van der Waals surface area contributed by atoms with E-state index >= 15 is 0 Å². The highest BCUT2D eigenvalue weighted by molar-refractivity contribution is 6.37. The van der Waals surface area contributed by atoms with Crippen molar-refractivity contribution < 1.29 is 18.8 Å². The van der Waals surface area contributed by atoms with Crippen LogP contribution in [-0.4, -0.2) is 17.8 Å². The molecule has 0 saturated carbocycles. The second-order valence-corrected chi connectivity index (χ2v) is 5.23. The lowest BCUT2D eigenvalue weighted by molar-refractivity contribution is -0.122. The highest BCUT2D eigenvalue weighted by Gasteiger charge is 2.36. The highest BCUT2D eigenvalue weighted by Crippen LogP contribution is 2.20. The first-order valence-electron chi connectivity index (χ1n) is 7.45. The molecule has 1 aliphatic heterocycles. The first-order chi connectivity index (χ1) is 12.1. The Morgan fingerprint density at radius 3 is 2.28 bits per heavy atom. The maximum absolute atomic E-state index is 13.0. The number of anilines is 1. The van der Waals surface area contributed by atoms with Gasteiger partial charge in [0.15, 0.2) is 0 Å². The van der Waals surface area contributed by atoms with Gasteiger partial charge in [-0.2, -0.15) is 0 Å². The number of barbiturate groups is 1. The second-order valence-electron chi connectivity index (χ2n) is 5.23. The van der Waals surface area contributed by atoms with Crippen molar-refractivity contribution in [2.75, 3.05) is 4.90 Å². The lowest BCUT2D eigenvalue weighted by Crippen LogP contribution is -2.54. The molecule has 1 N–H and O–H groups in total. The molecule has 0 atom stereocenters. The molecule has 0 unspecified atom stereocenters. The average Bonchev–Trinajstić information content (AvgIpc) is 2.60. The summed E-state index contributed by atoms with van der Waals surface area (Å²) in [5.41, 5.74) is 0.889. The minimum atomic E-state index is -0.870. The van der Waals surface area contributed by atoms with Crippen molar-refractivity contribution in [1.29, 1.82) is 0 Å². The minimum Gasteiger partial charge on any atom is -0.273 e. The number of carbonyl (C=O) groups excluding carboxylic acids is 3. The predicted octanol–water partition coefficient (Wildman–Crippen LogP) is 3.05. The number of hydrogen-bond donors (Lipinski definition) is 1. The standard InChI is InChI=1S/C19H13FN2O3/c20-14-9-11-15(12-10-14)22-18(24)16(17(23)21-19(22)25)8-4-7-13-5-2-1-3-6-13/h1-12H,(H,21,23,25). The molecule has 1 saturated heterocycles. The Balaban J connectivity index is 1.88. The van der Waals surface area contributed by atoms with E-state index < -0.39 is 23.7 Å². The maximum atomic E-state index is 13.0. The lowest BCUT2D eigenvalue weighted by atomic mass is 10.1. The molecule has 124 valence electrons. The molecule has 6 heteroatoms. The van der Waals surface area contributed by atoms with Crippen molar-refractivity contribution >= 4 is 29.6 Å². The fraction of sp³-hybridized carbons (Fsp3) is 0. The van der Waals surface area contributed by atoms with E-state index in [2.05, 4.69) is 5.32 Å². The number of nitrogens with one attached hydrogen (secondary N) is 1. The van der Waals surface area contributed by atoms with Gasteiger partial charge in [-0.15, -0.1) is 0 Å². The third-order valence-electron chi connectivity index (χ3n) is 3.54. The van der Waals surface area contributed by atoms with Crippen LogP contribution in [0.5, 0.6) is 0 Å². The van der Waals surface area contributed by atoms with Crippen molar-refractivity contribution in [3.8, 4) is 0 Å². The van der Waals surface area contributed by atoms with Crippen molar-refractivity contribution in [2.24, 2.45) is 0 Å². The molecule has 1 fully saturated rings. The van der Waals surface area contributed by atoms with Gasteiger partial charge in [0, 0.05) is 0 Å². The van der Waals surface area contributed by atoms with Crippen molar-refractivity contribution in [3.63, 3.8) is 0 Å². The van der Waals surface area contributed by atoms with Crippen LogP contribution in [0.1, 0.15) is 5.56 Å². The third-order valence-corrected chi connectivity index (χ3v) is 3.54. The molecule has 0 radical (unpaired) electrons. The van der Waals surface area contributed by atoms with E-state index in [1.807, 2.05) is 30.3 Å². The highest BCUT2D eigenvalue weighted by atomic mass is 19.1. The van der Waals surface area contributed by atoms with Crippen molar-refractivity contribution in [1.82, 2.24) is 5.32 Å². The van der Waals surface area contributed by atoms with Gasteiger partial charge < -0.3 is 0 Å². The Morgan fingerprint density at radius 2 is 1.60 bits per heavy atom. The summed E-state index contributed by atoms with van der Waals surface area (Å²) >= 11 is 0. The Labute approximate surface area is 143 Å². The molecule has 0 bridgehead atoms. The molecule has 1 aliphatic rings. The molecule has 0 aliphatic carbocycles. The molecule has 4 amide bonds. The zero-order valence-electron chi connectivity index (χ0n) is 13.0. The average molecular weight is 336 g/mol. The number of imide groups is 2. The number of halogens is 1. The molecule has 0 spiro atoms. The number of nitrogens with zero attached hydrogens (tertiary/aromatic N) is 1. The molecule has 25 heavy (non-hydrogen) atoms. The van der Waals surface area contributed by atoms with Crippen LogP contribution in [0, 0.1) is 5.82 Å². The van der Waals surface area contributed by atoms with Gasteiger partial charge in [-0.05, 0) is 35.9 Å². The van der Waals surface area contributed by atoms with E-state index in [1.54, 1.807) is 12.2 Å².